The van der Waals surface area contributed by atoms with E-state index >= 15 is 0 Å². The maximum Gasteiger partial charge on any atom is 0.339 e. The van der Waals surface area contributed by atoms with E-state index in [9.17, 15) is 23.1 Å². The number of hydrogen-bond acceptors (Lipinski definition) is 3. The van der Waals surface area contributed by atoms with Gasteiger partial charge in [-0.3, -0.25) is 0 Å². The van der Waals surface area contributed by atoms with Crippen LogP contribution < -0.4 is 0 Å². The largest absolute Gasteiger partial charge is 0.467 e. The molecule has 0 heterocycles. The number of benzene rings is 1. The van der Waals surface area contributed by atoms with Crippen LogP contribution in [0.15, 0.2) is 18.2 Å². The van der Waals surface area contributed by atoms with Crippen molar-refractivity contribution in [2.24, 2.45) is 0 Å². The minimum absolute atomic E-state index is 0.489. The van der Waals surface area contributed by atoms with Gasteiger partial charge in [0, 0.05) is 18.1 Å². The fraction of sp³-hybridized carbons (Fsp3) is 0.364. The van der Waals surface area contributed by atoms with Crippen LogP contribution >= 0.6 is 0 Å². The molecular formula is C11H11F3O3. The van der Waals surface area contributed by atoms with Gasteiger partial charge in [0.25, 0.3) is 5.92 Å². The van der Waals surface area contributed by atoms with Crippen LogP contribution in [0.5, 0.6) is 0 Å². The minimum Gasteiger partial charge on any atom is -0.467 e. The third kappa shape index (κ3) is 2.97. The number of alkyl halides is 2. The van der Waals surface area contributed by atoms with Crippen molar-refractivity contribution < 1.29 is 27.8 Å². The lowest BCUT2D eigenvalue weighted by atomic mass is 10.0. The maximum atomic E-state index is 13.3. The zero-order chi connectivity index (χ0) is 13.2. The fourth-order valence-electron chi connectivity index (χ4n) is 1.26. The van der Waals surface area contributed by atoms with E-state index in [0.717, 1.165) is 25.3 Å². The van der Waals surface area contributed by atoms with Gasteiger partial charge in [-0.2, -0.15) is 0 Å². The zero-order valence-corrected chi connectivity index (χ0v) is 9.21. The highest BCUT2D eigenvalue weighted by Gasteiger charge is 2.28. The summed E-state index contributed by atoms with van der Waals surface area (Å²) >= 11 is 0. The van der Waals surface area contributed by atoms with E-state index in [2.05, 4.69) is 4.74 Å². The Morgan fingerprint density at radius 3 is 2.53 bits per heavy atom. The topological polar surface area (TPSA) is 46.5 Å². The van der Waals surface area contributed by atoms with Crippen molar-refractivity contribution in [2.75, 3.05) is 7.11 Å². The summed E-state index contributed by atoms with van der Waals surface area (Å²) < 4.78 is 43.5. The highest BCUT2D eigenvalue weighted by Crippen LogP contribution is 2.30. The molecular weight excluding hydrogens is 237 g/mol. The number of carbonyl (C=O) groups excluding carboxylic acids is 1. The summed E-state index contributed by atoms with van der Waals surface area (Å²) in [5.74, 6) is -5.24. The molecule has 17 heavy (non-hydrogen) atoms. The Bertz CT molecular complexity index is 426. The van der Waals surface area contributed by atoms with Crippen LogP contribution in [0.25, 0.3) is 0 Å². The molecule has 0 bridgehead atoms. The van der Waals surface area contributed by atoms with Gasteiger partial charge in [0.15, 0.2) is 6.10 Å². The summed E-state index contributed by atoms with van der Waals surface area (Å²) in [7, 11) is 1.00. The second kappa shape index (κ2) is 4.75. The molecule has 0 fully saturated rings. The van der Waals surface area contributed by atoms with Gasteiger partial charge < -0.3 is 9.84 Å². The van der Waals surface area contributed by atoms with Gasteiger partial charge in [-0.05, 0) is 12.1 Å². The van der Waals surface area contributed by atoms with Crippen molar-refractivity contribution in [3.05, 3.63) is 35.1 Å². The summed E-state index contributed by atoms with van der Waals surface area (Å²) in [6.45, 7) is 0.633. The number of ether oxygens (including phenoxy) is 1. The first-order valence-electron chi connectivity index (χ1n) is 4.71. The first kappa shape index (κ1) is 13.5. The van der Waals surface area contributed by atoms with Gasteiger partial charge in [0.05, 0.1) is 7.11 Å². The smallest absolute Gasteiger partial charge is 0.339 e. The molecule has 1 aromatic carbocycles. The van der Waals surface area contributed by atoms with Crippen LogP contribution in [0.4, 0.5) is 13.2 Å². The molecule has 1 unspecified atom stereocenters. The highest BCUT2D eigenvalue weighted by molar-refractivity contribution is 5.76. The van der Waals surface area contributed by atoms with E-state index in [0.29, 0.717) is 6.92 Å². The average molecular weight is 248 g/mol. The summed E-state index contributed by atoms with van der Waals surface area (Å²) in [5, 5.41) is 9.40. The van der Waals surface area contributed by atoms with E-state index < -0.39 is 34.9 Å². The molecule has 0 amide bonds. The Labute approximate surface area is 95.8 Å². The van der Waals surface area contributed by atoms with Gasteiger partial charge in [0.2, 0.25) is 0 Å². The predicted molar refractivity (Wildman–Crippen MR) is 52.9 cm³/mol. The summed E-state index contributed by atoms with van der Waals surface area (Å²) in [5.41, 5.74) is -1.02. The van der Waals surface area contributed by atoms with Crippen molar-refractivity contribution in [1.29, 1.82) is 0 Å². The van der Waals surface area contributed by atoms with Crippen molar-refractivity contribution in [3.8, 4) is 0 Å². The maximum absolute atomic E-state index is 13.3. The summed E-state index contributed by atoms with van der Waals surface area (Å²) in [6, 6.07) is 2.41. The molecule has 0 aliphatic rings. The molecule has 0 saturated heterocycles. The molecule has 0 radical (unpaired) electrons. The van der Waals surface area contributed by atoms with Crippen LogP contribution in [0.3, 0.4) is 0 Å². The second-order valence-electron chi connectivity index (χ2n) is 3.55. The Hall–Kier alpha value is -1.56. The highest BCUT2D eigenvalue weighted by atomic mass is 19.3. The first-order chi connectivity index (χ1) is 7.77. The first-order valence-corrected chi connectivity index (χ1v) is 4.71. The van der Waals surface area contributed by atoms with E-state index in [1.165, 1.54) is 0 Å². The number of hydrogen-bond donors (Lipinski definition) is 1. The quantitative estimate of drug-likeness (QED) is 0.833. The SMILES string of the molecule is COC(=O)C(O)c1cc(C(C)(F)F)ccc1F. The normalized spacial score (nSPS) is 13.3. The summed E-state index contributed by atoms with van der Waals surface area (Å²) in [6.07, 6.45) is -1.91. The lowest BCUT2D eigenvalue weighted by Crippen LogP contribution is -2.16. The number of rotatable bonds is 3. The standard InChI is InChI=1S/C11H11F3O3/c1-11(13,14)6-3-4-8(12)7(5-6)9(15)10(16)17-2/h3-5,9,15H,1-2H3. The second-order valence-corrected chi connectivity index (χ2v) is 3.55. The van der Waals surface area contributed by atoms with Gasteiger partial charge >= 0.3 is 5.97 Å². The Morgan fingerprint density at radius 1 is 1.47 bits per heavy atom. The average Bonchev–Trinajstić information content (AvgIpc) is 2.26. The van der Waals surface area contributed by atoms with Crippen molar-refractivity contribution in [3.63, 3.8) is 0 Å². The fourth-order valence-corrected chi connectivity index (χ4v) is 1.26. The zero-order valence-electron chi connectivity index (χ0n) is 9.21. The van der Waals surface area contributed by atoms with Gasteiger partial charge in [-0.1, -0.05) is 6.07 Å². The molecule has 0 aromatic heterocycles. The van der Waals surface area contributed by atoms with Gasteiger partial charge in [0.1, 0.15) is 5.82 Å². The molecule has 0 saturated carbocycles. The number of esters is 1. The molecule has 1 atom stereocenters. The number of carbonyl (C=O) groups is 1. The Balaban J connectivity index is 3.20. The molecule has 1 N–H and O–H groups in total. The molecule has 0 aliphatic heterocycles. The lowest BCUT2D eigenvalue weighted by Gasteiger charge is -2.14. The van der Waals surface area contributed by atoms with Crippen molar-refractivity contribution >= 4 is 5.97 Å². The van der Waals surface area contributed by atoms with E-state index in [1.54, 1.807) is 0 Å². The molecule has 1 aromatic rings. The molecule has 1 rings (SSSR count). The number of halogens is 3. The van der Waals surface area contributed by atoms with E-state index in [-0.39, 0.29) is 0 Å². The van der Waals surface area contributed by atoms with Crippen LogP contribution in [0.2, 0.25) is 0 Å². The third-order valence-corrected chi connectivity index (χ3v) is 2.22. The third-order valence-electron chi connectivity index (χ3n) is 2.22. The molecule has 0 aliphatic carbocycles. The monoisotopic (exact) mass is 248 g/mol. The van der Waals surface area contributed by atoms with E-state index in [1.807, 2.05) is 0 Å². The number of aliphatic hydroxyl groups excluding tert-OH is 1. The van der Waals surface area contributed by atoms with Gasteiger partial charge in [-0.15, -0.1) is 0 Å². The van der Waals surface area contributed by atoms with Crippen LogP contribution in [-0.4, -0.2) is 18.2 Å². The molecule has 3 nitrogen and oxygen atoms in total. The van der Waals surface area contributed by atoms with E-state index in [4.69, 9.17) is 0 Å². The van der Waals surface area contributed by atoms with Crippen molar-refractivity contribution in [1.82, 2.24) is 0 Å². The van der Waals surface area contributed by atoms with Crippen molar-refractivity contribution in [2.45, 2.75) is 19.0 Å². The number of aliphatic hydroxyl groups is 1. The van der Waals surface area contributed by atoms with Crippen LogP contribution in [-0.2, 0) is 15.5 Å². The van der Waals surface area contributed by atoms with Crippen LogP contribution in [0, 0.1) is 5.82 Å². The Morgan fingerprint density at radius 2 is 2.06 bits per heavy atom. The van der Waals surface area contributed by atoms with Crippen LogP contribution in [0.1, 0.15) is 24.2 Å². The molecule has 0 spiro atoms. The lowest BCUT2D eigenvalue weighted by molar-refractivity contribution is -0.150. The molecule has 94 valence electrons. The number of methoxy groups -OCH3 is 1. The predicted octanol–water partition coefficient (Wildman–Crippen LogP) is 2.14. The molecule has 6 heteroatoms. The van der Waals surface area contributed by atoms with Gasteiger partial charge in [-0.25, -0.2) is 18.0 Å². The Kier molecular flexibility index (Phi) is 3.77. The summed E-state index contributed by atoms with van der Waals surface area (Å²) in [4.78, 5) is 11.0. The minimum atomic E-state index is -3.18.